The Hall–Kier alpha value is -2.22. The molecule has 2 rings (SSSR count). The number of aromatic amines is 1. The smallest absolute Gasteiger partial charge is 0.387 e. The number of aromatic nitrogens is 3. The molecule has 1 amide bonds. The molecule has 100 valence electrons. The molecule has 0 bridgehead atoms. The summed E-state index contributed by atoms with van der Waals surface area (Å²) in [6, 6.07) is 4.00. The van der Waals surface area contributed by atoms with E-state index in [0.717, 1.165) is 0 Å². The fourth-order valence-electron chi connectivity index (χ4n) is 1.48. The molecule has 1 heterocycles. The van der Waals surface area contributed by atoms with Crippen LogP contribution in [0, 0.1) is 0 Å². The molecular weight excluding hydrogens is 282 g/mol. The van der Waals surface area contributed by atoms with Gasteiger partial charge in [0.15, 0.2) is 5.69 Å². The molecule has 6 nitrogen and oxygen atoms in total. The first-order valence-electron chi connectivity index (χ1n) is 4.94. The average molecular weight is 289 g/mol. The van der Waals surface area contributed by atoms with Gasteiger partial charge in [0.2, 0.25) is 0 Å². The topological polar surface area (TPSA) is 93.9 Å². The summed E-state index contributed by atoms with van der Waals surface area (Å²) in [6.07, 6.45) is 0. The summed E-state index contributed by atoms with van der Waals surface area (Å²) in [5.41, 5.74) is 5.07. The lowest BCUT2D eigenvalue weighted by molar-refractivity contribution is -0.0494. The number of nitrogens with zero attached hydrogens (tertiary/aromatic N) is 2. The lowest BCUT2D eigenvalue weighted by Gasteiger charge is -2.09. The molecule has 0 aliphatic carbocycles. The van der Waals surface area contributed by atoms with Gasteiger partial charge in [0.25, 0.3) is 5.91 Å². The minimum Gasteiger partial charge on any atom is -0.434 e. The molecule has 3 N–H and O–H groups in total. The number of benzene rings is 1. The summed E-state index contributed by atoms with van der Waals surface area (Å²) in [4.78, 5) is 11.1. The van der Waals surface area contributed by atoms with Crippen molar-refractivity contribution in [3.05, 3.63) is 28.9 Å². The van der Waals surface area contributed by atoms with Crippen molar-refractivity contribution < 1.29 is 18.3 Å². The minimum absolute atomic E-state index is 0.0137. The number of rotatable bonds is 4. The molecule has 0 spiro atoms. The van der Waals surface area contributed by atoms with E-state index in [2.05, 4.69) is 20.1 Å². The quantitative estimate of drug-likeness (QED) is 0.897. The summed E-state index contributed by atoms with van der Waals surface area (Å²) < 4.78 is 29.0. The van der Waals surface area contributed by atoms with Gasteiger partial charge in [-0.3, -0.25) is 4.79 Å². The number of amides is 1. The third-order valence-corrected chi connectivity index (χ3v) is 2.43. The highest BCUT2D eigenvalue weighted by atomic mass is 35.5. The maximum absolute atomic E-state index is 12.3. The van der Waals surface area contributed by atoms with Crippen LogP contribution in [0.15, 0.2) is 18.2 Å². The summed E-state index contributed by atoms with van der Waals surface area (Å²) in [6.45, 7) is -3.04. The zero-order valence-electron chi connectivity index (χ0n) is 9.23. The number of hydrogen-bond donors (Lipinski definition) is 2. The standard InChI is InChI=1S/C10H7ClF2N4O2/c11-4-1-2-5(6(3-4)19-10(12)13)7-8(9(14)18)16-17-15-7/h1-3,10H,(H2,14,18)(H,15,16,17). The highest BCUT2D eigenvalue weighted by Gasteiger charge is 2.20. The Morgan fingerprint density at radius 3 is 2.79 bits per heavy atom. The third-order valence-electron chi connectivity index (χ3n) is 2.20. The van der Waals surface area contributed by atoms with Crippen LogP contribution in [0.2, 0.25) is 5.02 Å². The van der Waals surface area contributed by atoms with Crippen LogP contribution < -0.4 is 10.5 Å². The van der Waals surface area contributed by atoms with Crippen LogP contribution in [0.4, 0.5) is 8.78 Å². The second-order valence-electron chi connectivity index (χ2n) is 3.40. The first-order chi connectivity index (χ1) is 8.99. The lowest BCUT2D eigenvalue weighted by Crippen LogP contribution is -2.13. The van der Waals surface area contributed by atoms with Crippen molar-refractivity contribution in [3.63, 3.8) is 0 Å². The summed E-state index contributed by atoms with van der Waals surface area (Å²) in [7, 11) is 0. The molecule has 2 aromatic rings. The molecule has 0 saturated heterocycles. The van der Waals surface area contributed by atoms with Gasteiger partial charge in [-0.1, -0.05) is 11.6 Å². The van der Waals surface area contributed by atoms with Crippen molar-refractivity contribution in [3.8, 4) is 17.0 Å². The molecule has 0 saturated carbocycles. The maximum Gasteiger partial charge on any atom is 0.387 e. The number of carbonyl (C=O) groups excluding carboxylic acids is 1. The summed E-state index contributed by atoms with van der Waals surface area (Å²) >= 11 is 5.70. The van der Waals surface area contributed by atoms with Crippen molar-refractivity contribution in [1.82, 2.24) is 15.4 Å². The summed E-state index contributed by atoms with van der Waals surface area (Å²) in [5.74, 6) is -1.07. The van der Waals surface area contributed by atoms with Crippen molar-refractivity contribution in [2.45, 2.75) is 6.61 Å². The number of primary amides is 1. The maximum atomic E-state index is 12.3. The third kappa shape index (κ3) is 2.79. The van der Waals surface area contributed by atoms with Gasteiger partial charge in [0, 0.05) is 10.6 Å². The number of nitrogens with one attached hydrogen (secondary N) is 1. The van der Waals surface area contributed by atoms with E-state index in [4.69, 9.17) is 17.3 Å². The second kappa shape index (κ2) is 5.19. The van der Waals surface area contributed by atoms with Crippen LogP contribution in [-0.4, -0.2) is 27.9 Å². The van der Waals surface area contributed by atoms with E-state index in [1.54, 1.807) is 0 Å². The highest BCUT2D eigenvalue weighted by Crippen LogP contribution is 2.33. The molecule has 0 aliphatic rings. The monoisotopic (exact) mass is 288 g/mol. The largest absolute Gasteiger partial charge is 0.434 e. The van der Waals surface area contributed by atoms with Gasteiger partial charge in [-0.15, -0.1) is 0 Å². The second-order valence-corrected chi connectivity index (χ2v) is 3.84. The first kappa shape index (κ1) is 13.2. The van der Waals surface area contributed by atoms with Gasteiger partial charge in [-0.25, -0.2) is 0 Å². The highest BCUT2D eigenvalue weighted by molar-refractivity contribution is 6.30. The van der Waals surface area contributed by atoms with E-state index in [1.165, 1.54) is 18.2 Å². The zero-order chi connectivity index (χ0) is 14.0. The number of carbonyl (C=O) groups is 1. The number of ether oxygens (including phenoxy) is 1. The molecule has 1 aromatic carbocycles. The predicted molar refractivity (Wildman–Crippen MR) is 62.0 cm³/mol. The van der Waals surface area contributed by atoms with Crippen LogP contribution in [0.3, 0.4) is 0 Å². The molecule has 9 heteroatoms. The Morgan fingerprint density at radius 2 is 2.16 bits per heavy atom. The van der Waals surface area contributed by atoms with Gasteiger partial charge in [0.1, 0.15) is 11.4 Å². The van der Waals surface area contributed by atoms with E-state index >= 15 is 0 Å². The summed E-state index contributed by atoms with van der Waals surface area (Å²) in [5, 5.41) is 9.64. The number of H-pyrrole nitrogens is 1. The van der Waals surface area contributed by atoms with Gasteiger partial charge in [0.05, 0.1) is 0 Å². The van der Waals surface area contributed by atoms with Crippen LogP contribution >= 0.6 is 11.6 Å². The van der Waals surface area contributed by atoms with Crippen molar-refractivity contribution in [2.24, 2.45) is 5.73 Å². The Kier molecular flexibility index (Phi) is 3.61. The molecule has 0 radical (unpaired) electrons. The number of alkyl halides is 2. The SMILES string of the molecule is NC(=O)c1n[nH]nc1-c1ccc(Cl)cc1OC(F)F. The van der Waals surface area contributed by atoms with E-state index in [9.17, 15) is 13.6 Å². The van der Waals surface area contributed by atoms with E-state index in [-0.39, 0.29) is 27.7 Å². The Labute approximate surface area is 110 Å². The molecule has 0 atom stereocenters. The van der Waals surface area contributed by atoms with Gasteiger partial charge >= 0.3 is 6.61 Å². The Morgan fingerprint density at radius 1 is 1.42 bits per heavy atom. The van der Waals surface area contributed by atoms with Crippen molar-refractivity contribution >= 4 is 17.5 Å². The number of hydrogen-bond acceptors (Lipinski definition) is 4. The normalized spacial score (nSPS) is 10.7. The molecule has 0 unspecified atom stereocenters. The zero-order valence-corrected chi connectivity index (χ0v) is 9.99. The van der Waals surface area contributed by atoms with Gasteiger partial charge < -0.3 is 10.5 Å². The van der Waals surface area contributed by atoms with Crippen LogP contribution in [0.25, 0.3) is 11.3 Å². The van der Waals surface area contributed by atoms with E-state index < -0.39 is 12.5 Å². The van der Waals surface area contributed by atoms with Crippen LogP contribution in [0.5, 0.6) is 5.75 Å². The fraction of sp³-hybridized carbons (Fsp3) is 0.100. The fourth-order valence-corrected chi connectivity index (χ4v) is 1.64. The Balaban J connectivity index is 2.55. The minimum atomic E-state index is -3.04. The molecule has 1 aromatic heterocycles. The van der Waals surface area contributed by atoms with E-state index in [0.29, 0.717) is 0 Å². The molecule has 19 heavy (non-hydrogen) atoms. The number of nitrogens with two attached hydrogens (primary N) is 1. The Bertz CT molecular complexity index is 617. The first-order valence-corrected chi connectivity index (χ1v) is 5.32. The van der Waals surface area contributed by atoms with Gasteiger partial charge in [-0.2, -0.15) is 24.2 Å². The molecular formula is C10H7ClF2N4O2. The average Bonchev–Trinajstić information content (AvgIpc) is 2.77. The van der Waals surface area contributed by atoms with Crippen molar-refractivity contribution in [1.29, 1.82) is 0 Å². The van der Waals surface area contributed by atoms with Crippen molar-refractivity contribution in [2.75, 3.05) is 0 Å². The predicted octanol–water partition coefficient (Wildman–Crippen LogP) is 1.83. The lowest BCUT2D eigenvalue weighted by atomic mass is 10.1. The number of halogens is 3. The van der Waals surface area contributed by atoms with Crippen LogP contribution in [0.1, 0.15) is 10.5 Å². The van der Waals surface area contributed by atoms with E-state index in [1.807, 2.05) is 0 Å². The van der Waals surface area contributed by atoms with Crippen LogP contribution in [-0.2, 0) is 0 Å². The molecule has 0 aliphatic heterocycles. The molecule has 0 fully saturated rings. The van der Waals surface area contributed by atoms with Gasteiger partial charge in [-0.05, 0) is 18.2 Å².